The first-order valence-electron chi connectivity index (χ1n) is 7.57. The van der Waals surface area contributed by atoms with Gasteiger partial charge in [0.2, 0.25) is 0 Å². The van der Waals surface area contributed by atoms with Gasteiger partial charge in [-0.15, -0.1) is 24.0 Å². The summed E-state index contributed by atoms with van der Waals surface area (Å²) in [4.78, 5) is 15.5. The molecule has 1 rings (SSSR count). The van der Waals surface area contributed by atoms with E-state index in [-0.39, 0.29) is 36.4 Å². The lowest BCUT2D eigenvalue weighted by Gasteiger charge is -2.14. The van der Waals surface area contributed by atoms with E-state index in [4.69, 9.17) is 9.47 Å². The average molecular weight is 451 g/mol. The number of hydrogen-bond donors (Lipinski definition) is 2. The van der Waals surface area contributed by atoms with E-state index >= 15 is 0 Å². The fourth-order valence-electron chi connectivity index (χ4n) is 1.83. The Labute approximate surface area is 160 Å². The molecule has 0 aliphatic rings. The van der Waals surface area contributed by atoms with Crippen LogP contribution in [-0.2, 0) is 9.53 Å². The van der Waals surface area contributed by atoms with Gasteiger partial charge in [-0.2, -0.15) is 0 Å². The number of halogens is 1. The van der Waals surface area contributed by atoms with Gasteiger partial charge in [0.1, 0.15) is 0 Å². The van der Waals surface area contributed by atoms with Crippen molar-refractivity contribution in [1.82, 2.24) is 5.32 Å². The lowest BCUT2D eigenvalue weighted by Crippen LogP contribution is -2.31. The predicted molar refractivity (Wildman–Crippen MR) is 106 cm³/mol. The highest BCUT2D eigenvalue weighted by atomic mass is 127. The van der Waals surface area contributed by atoms with E-state index in [0.29, 0.717) is 37.2 Å². The van der Waals surface area contributed by atoms with Crippen LogP contribution in [0.1, 0.15) is 20.3 Å². The lowest BCUT2D eigenvalue weighted by atomic mass is 10.2. The first kappa shape index (κ1) is 22.3. The quantitative estimate of drug-likeness (QED) is 0.274. The molecule has 0 saturated heterocycles. The minimum atomic E-state index is -0.285. The number of rotatable bonds is 8. The van der Waals surface area contributed by atoms with Crippen LogP contribution in [0.4, 0.5) is 5.69 Å². The fourth-order valence-corrected chi connectivity index (χ4v) is 1.83. The molecular weight excluding hydrogens is 425 g/mol. The van der Waals surface area contributed by atoms with Gasteiger partial charge >= 0.3 is 5.97 Å². The van der Waals surface area contributed by atoms with Gasteiger partial charge in [0.15, 0.2) is 17.5 Å². The lowest BCUT2D eigenvalue weighted by molar-refractivity contribution is -0.140. The number of aliphatic imine (C=N–C) groups is 1. The summed E-state index contributed by atoms with van der Waals surface area (Å²) in [6.45, 7) is 5.48. The molecule has 0 aliphatic carbocycles. The van der Waals surface area contributed by atoms with Crippen LogP contribution in [0.15, 0.2) is 23.2 Å². The van der Waals surface area contributed by atoms with Crippen molar-refractivity contribution in [2.24, 2.45) is 4.99 Å². The van der Waals surface area contributed by atoms with Gasteiger partial charge in [-0.1, -0.05) is 0 Å². The molecule has 0 aromatic heterocycles. The van der Waals surface area contributed by atoms with E-state index < -0.39 is 0 Å². The zero-order chi connectivity index (χ0) is 17.1. The Bertz CT molecular complexity index is 538. The second kappa shape index (κ2) is 12.7. The van der Waals surface area contributed by atoms with E-state index in [9.17, 15) is 4.79 Å². The number of carbonyl (C=O) groups is 1. The van der Waals surface area contributed by atoms with Gasteiger partial charge in [0.25, 0.3) is 0 Å². The number of methoxy groups -OCH3 is 2. The molecule has 0 spiro atoms. The van der Waals surface area contributed by atoms with Crippen LogP contribution in [0.5, 0.6) is 11.5 Å². The van der Waals surface area contributed by atoms with Gasteiger partial charge in [0.05, 0.1) is 33.8 Å². The summed E-state index contributed by atoms with van der Waals surface area (Å²) >= 11 is 0. The molecule has 0 amide bonds. The zero-order valence-corrected chi connectivity index (χ0v) is 16.9. The van der Waals surface area contributed by atoms with E-state index in [2.05, 4.69) is 20.4 Å². The third-order valence-corrected chi connectivity index (χ3v) is 2.88. The van der Waals surface area contributed by atoms with Crippen molar-refractivity contribution in [3.8, 4) is 11.5 Å². The minimum absolute atomic E-state index is 0. The summed E-state index contributed by atoms with van der Waals surface area (Å²) in [7, 11) is 2.96. The van der Waals surface area contributed by atoms with Crippen LogP contribution in [0.2, 0.25) is 0 Å². The third-order valence-electron chi connectivity index (χ3n) is 2.88. The standard InChI is InChI=1S/C16H25N3O4.HI/c1-5-17-16(18-10-9-15(20)22-4)19-12-7-8-13(21-3)14(11-12)23-6-2;/h7-8,11H,5-6,9-10H2,1-4H3,(H2,17,18,19);1H. The maximum atomic E-state index is 11.1. The Kier molecular flexibility index (Phi) is 11.8. The second-order valence-electron chi connectivity index (χ2n) is 4.51. The fraction of sp³-hybridized carbons (Fsp3) is 0.500. The van der Waals surface area contributed by atoms with Crippen molar-refractivity contribution >= 4 is 41.6 Å². The molecule has 0 aliphatic heterocycles. The van der Waals surface area contributed by atoms with Crippen LogP contribution >= 0.6 is 24.0 Å². The highest BCUT2D eigenvalue weighted by Crippen LogP contribution is 2.30. The summed E-state index contributed by atoms with van der Waals surface area (Å²) in [6, 6.07) is 5.54. The van der Waals surface area contributed by atoms with Crippen molar-refractivity contribution in [3.05, 3.63) is 18.2 Å². The number of esters is 1. The second-order valence-corrected chi connectivity index (χ2v) is 4.51. The number of nitrogens with zero attached hydrogens (tertiary/aromatic N) is 1. The van der Waals surface area contributed by atoms with Crippen LogP contribution in [-0.4, -0.2) is 45.8 Å². The van der Waals surface area contributed by atoms with E-state index in [1.807, 2.05) is 32.0 Å². The Morgan fingerprint density at radius 3 is 2.54 bits per heavy atom. The molecule has 136 valence electrons. The zero-order valence-electron chi connectivity index (χ0n) is 14.5. The highest BCUT2D eigenvalue weighted by molar-refractivity contribution is 14.0. The van der Waals surface area contributed by atoms with Crippen LogP contribution in [0, 0.1) is 0 Å². The molecule has 0 fully saturated rings. The minimum Gasteiger partial charge on any atom is -0.493 e. The smallest absolute Gasteiger partial charge is 0.307 e. The van der Waals surface area contributed by atoms with Crippen LogP contribution in [0.3, 0.4) is 0 Å². The van der Waals surface area contributed by atoms with E-state index in [1.54, 1.807) is 7.11 Å². The number of hydrogen-bond acceptors (Lipinski definition) is 5. The van der Waals surface area contributed by atoms with Crippen molar-refractivity contribution < 1.29 is 19.0 Å². The Hall–Kier alpha value is -1.71. The number of carbonyl (C=O) groups excluding carboxylic acids is 1. The molecule has 0 radical (unpaired) electrons. The molecule has 0 bridgehead atoms. The molecule has 0 atom stereocenters. The number of anilines is 1. The van der Waals surface area contributed by atoms with Crippen molar-refractivity contribution in [3.63, 3.8) is 0 Å². The van der Waals surface area contributed by atoms with Crippen LogP contribution < -0.4 is 20.1 Å². The Morgan fingerprint density at radius 2 is 1.96 bits per heavy atom. The molecule has 8 heteroatoms. The molecular formula is C16H26IN3O4. The molecule has 0 heterocycles. The number of benzene rings is 1. The molecule has 1 aromatic rings. The Morgan fingerprint density at radius 1 is 1.21 bits per heavy atom. The normalized spacial score (nSPS) is 10.4. The Balaban J connectivity index is 0.00000529. The predicted octanol–water partition coefficient (Wildman–Crippen LogP) is 2.65. The third kappa shape index (κ3) is 7.71. The average Bonchev–Trinajstić information content (AvgIpc) is 2.55. The first-order chi connectivity index (χ1) is 11.1. The van der Waals surface area contributed by atoms with Crippen LogP contribution in [0.25, 0.3) is 0 Å². The summed E-state index contributed by atoms with van der Waals surface area (Å²) in [5, 5.41) is 6.29. The number of nitrogens with one attached hydrogen (secondary N) is 2. The molecule has 1 aromatic carbocycles. The van der Waals surface area contributed by atoms with E-state index in [0.717, 1.165) is 5.69 Å². The van der Waals surface area contributed by atoms with E-state index in [1.165, 1.54) is 7.11 Å². The summed E-state index contributed by atoms with van der Waals surface area (Å²) in [6.07, 6.45) is 0.236. The van der Waals surface area contributed by atoms with Gasteiger partial charge in [-0.05, 0) is 26.0 Å². The summed E-state index contributed by atoms with van der Waals surface area (Å²) < 4.78 is 15.4. The molecule has 0 unspecified atom stereocenters. The van der Waals surface area contributed by atoms with Gasteiger partial charge in [-0.3, -0.25) is 9.79 Å². The highest BCUT2D eigenvalue weighted by Gasteiger charge is 2.07. The van der Waals surface area contributed by atoms with Crippen molar-refractivity contribution in [2.75, 3.05) is 39.2 Å². The molecule has 24 heavy (non-hydrogen) atoms. The molecule has 2 N–H and O–H groups in total. The van der Waals surface area contributed by atoms with Gasteiger partial charge in [0, 0.05) is 18.3 Å². The largest absolute Gasteiger partial charge is 0.493 e. The SMILES string of the molecule is CCNC(=NCCC(=O)OC)Nc1ccc(OC)c(OCC)c1.I. The van der Waals surface area contributed by atoms with Crippen molar-refractivity contribution in [2.45, 2.75) is 20.3 Å². The molecule has 7 nitrogen and oxygen atoms in total. The van der Waals surface area contributed by atoms with Gasteiger partial charge in [-0.25, -0.2) is 0 Å². The maximum absolute atomic E-state index is 11.1. The number of guanidine groups is 1. The summed E-state index contributed by atoms with van der Waals surface area (Å²) in [5.74, 6) is 1.63. The van der Waals surface area contributed by atoms with Crippen molar-refractivity contribution in [1.29, 1.82) is 0 Å². The van der Waals surface area contributed by atoms with Gasteiger partial charge < -0.3 is 24.8 Å². The summed E-state index contributed by atoms with van der Waals surface area (Å²) in [5.41, 5.74) is 0.812. The molecule has 0 saturated carbocycles. The maximum Gasteiger partial charge on any atom is 0.307 e. The monoisotopic (exact) mass is 451 g/mol. The number of ether oxygens (including phenoxy) is 3. The topological polar surface area (TPSA) is 81.2 Å². The first-order valence-corrected chi connectivity index (χ1v) is 7.57.